The maximum atomic E-state index is 11.9. The minimum Gasteiger partial charge on any atom is -0.486 e. The van der Waals surface area contributed by atoms with Crippen LogP contribution in [0.3, 0.4) is 0 Å². The number of benzene rings is 1. The molecule has 0 atom stereocenters. The molecule has 2 rings (SSSR count). The third kappa shape index (κ3) is 4.14. The summed E-state index contributed by atoms with van der Waals surface area (Å²) >= 11 is 0. The first-order valence-corrected chi connectivity index (χ1v) is 6.60. The van der Waals surface area contributed by atoms with Crippen LogP contribution in [0.1, 0.15) is 18.4 Å². The number of nitrogens with zero attached hydrogens (tertiary/aromatic N) is 1. The Bertz CT molecular complexity index is 474. The molecule has 0 unspecified atom stereocenters. The van der Waals surface area contributed by atoms with Crippen LogP contribution in [0.4, 0.5) is 4.79 Å². The molecule has 0 spiro atoms. The molecule has 0 radical (unpaired) electrons. The first-order valence-electron chi connectivity index (χ1n) is 6.60. The van der Waals surface area contributed by atoms with Crippen LogP contribution in [0.5, 0.6) is 0 Å². The minimum atomic E-state index is -0.307. The molecule has 5 heteroatoms. The van der Waals surface area contributed by atoms with Crippen molar-refractivity contribution in [3.63, 3.8) is 0 Å². The summed E-state index contributed by atoms with van der Waals surface area (Å²) in [6.07, 6.45) is 2.10. The van der Waals surface area contributed by atoms with Crippen molar-refractivity contribution in [1.82, 2.24) is 4.90 Å². The van der Waals surface area contributed by atoms with Gasteiger partial charge in [-0.15, -0.1) is 0 Å². The van der Waals surface area contributed by atoms with Crippen molar-refractivity contribution in [3.8, 4) is 0 Å². The Morgan fingerprint density at radius 3 is 2.65 bits per heavy atom. The van der Waals surface area contributed by atoms with Crippen LogP contribution >= 0.6 is 0 Å². The van der Waals surface area contributed by atoms with E-state index in [9.17, 15) is 9.59 Å². The molecule has 1 fully saturated rings. The van der Waals surface area contributed by atoms with Gasteiger partial charge in [-0.3, -0.25) is 0 Å². The molecular formula is C15H17NO4. The van der Waals surface area contributed by atoms with Crippen molar-refractivity contribution in [3.05, 3.63) is 42.2 Å². The van der Waals surface area contributed by atoms with Gasteiger partial charge in [-0.2, -0.15) is 0 Å². The summed E-state index contributed by atoms with van der Waals surface area (Å²) in [6.45, 7) is 1.43. The number of amides is 1. The summed E-state index contributed by atoms with van der Waals surface area (Å²) in [5, 5.41) is 0. The fourth-order valence-corrected chi connectivity index (χ4v) is 2.11. The average molecular weight is 275 g/mol. The van der Waals surface area contributed by atoms with E-state index < -0.39 is 0 Å². The van der Waals surface area contributed by atoms with E-state index >= 15 is 0 Å². The number of rotatable bonds is 4. The number of hydrogen-bond acceptors (Lipinski definition) is 4. The zero-order valence-corrected chi connectivity index (χ0v) is 11.2. The quantitative estimate of drug-likeness (QED) is 0.624. The van der Waals surface area contributed by atoms with Crippen molar-refractivity contribution >= 4 is 12.0 Å². The molecule has 1 aromatic carbocycles. The Kier molecular flexibility index (Phi) is 5.21. The van der Waals surface area contributed by atoms with Gasteiger partial charge in [0.15, 0.2) is 12.2 Å². The molecule has 1 heterocycles. The lowest BCUT2D eigenvalue weighted by molar-refractivity contribution is 0.0491. The highest BCUT2D eigenvalue weighted by Gasteiger charge is 2.24. The Balaban J connectivity index is 1.73. The van der Waals surface area contributed by atoms with Crippen LogP contribution in [-0.2, 0) is 20.9 Å². The Morgan fingerprint density at radius 2 is 2.00 bits per heavy atom. The van der Waals surface area contributed by atoms with Gasteiger partial charge < -0.3 is 14.4 Å². The van der Waals surface area contributed by atoms with E-state index in [1.807, 2.05) is 30.3 Å². The van der Waals surface area contributed by atoms with E-state index in [1.54, 1.807) is 10.8 Å². The number of hydrogen-bond donors (Lipinski definition) is 0. The molecule has 1 saturated heterocycles. The molecule has 5 nitrogen and oxygen atoms in total. The average Bonchev–Trinajstić information content (AvgIpc) is 2.52. The predicted molar refractivity (Wildman–Crippen MR) is 72.6 cm³/mol. The number of ether oxygens (including phenoxy) is 2. The van der Waals surface area contributed by atoms with Crippen molar-refractivity contribution in [2.45, 2.75) is 25.6 Å². The highest BCUT2D eigenvalue weighted by molar-refractivity contribution is 5.67. The van der Waals surface area contributed by atoms with Gasteiger partial charge in [-0.25, -0.2) is 9.59 Å². The summed E-state index contributed by atoms with van der Waals surface area (Å²) < 4.78 is 10.4. The Hall–Kier alpha value is -2.26. The summed E-state index contributed by atoms with van der Waals surface area (Å²) in [4.78, 5) is 23.6. The van der Waals surface area contributed by atoms with Gasteiger partial charge in [0, 0.05) is 25.9 Å². The van der Waals surface area contributed by atoms with Crippen LogP contribution in [0, 0.1) is 0 Å². The lowest BCUT2D eigenvalue weighted by atomic mass is 10.1. The summed E-state index contributed by atoms with van der Waals surface area (Å²) in [6, 6.07) is 9.57. The van der Waals surface area contributed by atoms with Gasteiger partial charge in [0.1, 0.15) is 12.7 Å². The molecule has 0 aliphatic carbocycles. The lowest BCUT2D eigenvalue weighted by Crippen LogP contribution is -2.40. The van der Waals surface area contributed by atoms with Gasteiger partial charge in [0.2, 0.25) is 0 Å². The minimum absolute atomic E-state index is 0.0189. The van der Waals surface area contributed by atoms with Crippen molar-refractivity contribution in [2.24, 2.45) is 0 Å². The van der Waals surface area contributed by atoms with E-state index in [1.165, 1.54) is 0 Å². The maximum Gasteiger partial charge on any atom is 0.410 e. The van der Waals surface area contributed by atoms with E-state index in [2.05, 4.69) is 0 Å². The van der Waals surface area contributed by atoms with Crippen molar-refractivity contribution in [1.29, 1.82) is 0 Å². The standard InChI is InChI=1S/C15H17NO4/c17-10-11-19-14-6-8-16(9-7-14)15(18)20-12-13-4-2-1-3-5-13/h1-5,11,14H,6-9,12H2. The SMILES string of the molecule is O=C=COC1CCN(C(=O)OCc2ccccc2)CC1. The number of carbonyl (C=O) groups excluding carboxylic acids is 2. The summed E-state index contributed by atoms with van der Waals surface area (Å²) in [5.41, 5.74) is 0.968. The fraction of sp³-hybridized carbons (Fsp3) is 0.400. The number of piperidine rings is 1. The monoisotopic (exact) mass is 275 g/mol. The molecule has 20 heavy (non-hydrogen) atoms. The first-order chi connectivity index (χ1) is 9.79. The molecule has 0 bridgehead atoms. The highest BCUT2D eigenvalue weighted by Crippen LogP contribution is 2.15. The molecule has 1 aliphatic rings. The van der Waals surface area contributed by atoms with Crippen molar-refractivity contribution in [2.75, 3.05) is 13.1 Å². The van der Waals surface area contributed by atoms with Crippen LogP contribution in [-0.4, -0.2) is 36.1 Å². The lowest BCUT2D eigenvalue weighted by Gasteiger charge is -2.30. The Morgan fingerprint density at radius 1 is 1.30 bits per heavy atom. The second kappa shape index (κ2) is 7.36. The number of likely N-dealkylation sites (tertiary alicyclic amines) is 1. The Labute approximate surface area is 117 Å². The smallest absolute Gasteiger partial charge is 0.410 e. The second-order valence-corrected chi connectivity index (χ2v) is 4.60. The third-order valence-corrected chi connectivity index (χ3v) is 3.21. The van der Waals surface area contributed by atoms with Gasteiger partial charge in [0.05, 0.1) is 0 Å². The van der Waals surface area contributed by atoms with E-state index in [0.717, 1.165) is 11.8 Å². The summed E-state index contributed by atoms with van der Waals surface area (Å²) in [5.74, 6) is 1.58. The summed E-state index contributed by atoms with van der Waals surface area (Å²) in [7, 11) is 0. The van der Waals surface area contributed by atoms with E-state index in [-0.39, 0.29) is 18.8 Å². The van der Waals surface area contributed by atoms with Crippen LogP contribution in [0.25, 0.3) is 0 Å². The van der Waals surface area contributed by atoms with Gasteiger partial charge in [0.25, 0.3) is 0 Å². The fourth-order valence-electron chi connectivity index (χ4n) is 2.11. The van der Waals surface area contributed by atoms with E-state index in [0.29, 0.717) is 25.9 Å². The highest BCUT2D eigenvalue weighted by atomic mass is 16.6. The molecule has 1 amide bonds. The molecule has 0 N–H and O–H groups in total. The van der Waals surface area contributed by atoms with Gasteiger partial charge in [-0.05, 0) is 5.56 Å². The predicted octanol–water partition coefficient (Wildman–Crippen LogP) is 2.15. The topological polar surface area (TPSA) is 55.8 Å². The third-order valence-electron chi connectivity index (χ3n) is 3.21. The molecule has 0 saturated carbocycles. The van der Waals surface area contributed by atoms with Crippen molar-refractivity contribution < 1.29 is 19.1 Å². The molecule has 1 aromatic rings. The zero-order valence-electron chi connectivity index (χ0n) is 11.2. The molecule has 1 aliphatic heterocycles. The molecular weight excluding hydrogens is 258 g/mol. The van der Waals surface area contributed by atoms with Gasteiger partial charge in [-0.1, -0.05) is 30.3 Å². The maximum absolute atomic E-state index is 11.9. The molecule has 0 aromatic heterocycles. The van der Waals surface area contributed by atoms with Crippen LogP contribution in [0.15, 0.2) is 36.6 Å². The normalized spacial score (nSPS) is 15.3. The second-order valence-electron chi connectivity index (χ2n) is 4.60. The first kappa shape index (κ1) is 14.2. The van der Waals surface area contributed by atoms with Gasteiger partial charge >= 0.3 is 6.09 Å². The zero-order chi connectivity index (χ0) is 14.2. The molecule has 106 valence electrons. The number of carbonyl (C=O) groups is 1. The van der Waals surface area contributed by atoms with E-state index in [4.69, 9.17) is 9.47 Å². The van der Waals surface area contributed by atoms with Crippen LogP contribution in [0.2, 0.25) is 0 Å². The van der Waals surface area contributed by atoms with Crippen LogP contribution < -0.4 is 0 Å². The largest absolute Gasteiger partial charge is 0.486 e.